The molecule has 0 saturated heterocycles. The summed E-state index contributed by atoms with van der Waals surface area (Å²) >= 11 is 0. The van der Waals surface area contributed by atoms with Gasteiger partial charge in [0.15, 0.2) is 0 Å². The van der Waals surface area contributed by atoms with Gasteiger partial charge in [-0.15, -0.1) is 0 Å². The normalized spacial score (nSPS) is 10.9. The Morgan fingerprint density at radius 2 is 2.29 bits per heavy atom. The number of rotatable bonds is 4. The first-order valence-electron chi connectivity index (χ1n) is 4.89. The molecule has 0 spiro atoms. The lowest BCUT2D eigenvalue weighted by atomic mass is 10.2. The molecule has 3 N–H and O–H groups in total. The Morgan fingerprint density at radius 3 is 3.07 bits per heavy atom. The molecule has 2 aromatic heterocycles. The fraction of sp³-hybridized carbons (Fsp3) is 0.400. The van der Waals surface area contributed by atoms with Crippen LogP contribution in [0.25, 0.3) is 11.0 Å². The van der Waals surface area contributed by atoms with Gasteiger partial charge in [0.2, 0.25) is 0 Å². The van der Waals surface area contributed by atoms with Crippen LogP contribution >= 0.6 is 0 Å². The van der Waals surface area contributed by atoms with Gasteiger partial charge in [0.1, 0.15) is 5.82 Å². The highest BCUT2D eigenvalue weighted by Gasteiger charge is 2.00. The third-order valence-corrected chi connectivity index (χ3v) is 2.20. The van der Waals surface area contributed by atoms with Gasteiger partial charge in [0, 0.05) is 12.6 Å². The van der Waals surface area contributed by atoms with E-state index in [2.05, 4.69) is 15.0 Å². The molecule has 0 amide bonds. The summed E-state index contributed by atoms with van der Waals surface area (Å²) in [6, 6.07) is 1.91. The minimum atomic E-state index is 0.752. The van der Waals surface area contributed by atoms with Crippen molar-refractivity contribution in [2.45, 2.75) is 19.3 Å². The summed E-state index contributed by atoms with van der Waals surface area (Å²) in [5.74, 6) is 1.03. The second-order valence-corrected chi connectivity index (χ2v) is 3.32. The number of imidazole rings is 1. The SMILES string of the molecule is NCCCCc1nc2ccncc2[nH]1. The molecule has 0 fully saturated rings. The number of H-pyrrole nitrogens is 1. The molecule has 0 aliphatic heterocycles. The number of aromatic amines is 1. The molecule has 0 saturated carbocycles. The molecule has 0 unspecified atom stereocenters. The summed E-state index contributed by atoms with van der Waals surface area (Å²) in [6.07, 6.45) is 6.66. The first-order valence-corrected chi connectivity index (χ1v) is 4.89. The Morgan fingerprint density at radius 1 is 1.36 bits per heavy atom. The third-order valence-electron chi connectivity index (χ3n) is 2.20. The second kappa shape index (κ2) is 4.19. The molecule has 2 aromatic rings. The van der Waals surface area contributed by atoms with Crippen molar-refractivity contribution in [2.75, 3.05) is 6.54 Å². The van der Waals surface area contributed by atoms with E-state index in [1.165, 1.54) is 0 Å². The maximum Gasteiger partial charge on any atom is 0.107 e. The highest BCUT2D eigenvalue weighted by Crippen LogP contribution is 2.10. The molecule has 2 rings (SSSR count). The first kappa shape index (κ1) is 9.15. The van der Waals surface area contributed by atoms with Gasteiger partial charge in [-0.25, -0.2) is 4.98 Å². The van der Waals surface area contributed by atoms with Crippen LogP contribution in [0.2, 0.25) is 0 Å². The quantitative estimate of drug-likeness (QED) is 0.713. The minimum absolute atomic E-state index is 0.752. The van der Waals surface area contributed by atoms with Gasteiger partial charge >= 0.3 is 0 Å². The number of nitrogens with one attached hydrogen (secondary N) is 1. The molecular formula is C10H14N4. The minimum Gasteiger partial charge on any atom is -0.341 e. The third kappa shape index (κ3) is 1.90. The van der Waals surface area contributed by atoms with Crippen LogP contribution < -0.4 is 5.73 Å². The van der Waals surface area contributed by atoms with Crippen molar-refractivity contribution in [3.05, 3.63) is 24.3 Å². The van der Waals surface area contributed by atoms with Crippen LogP contribution in [0.5, 0.6) is 0 Å². The van der Waals surface area contributed by atoms with Crippen LogP contribution in [-0.2, 0) is 6.42 Å². The molecule has 0 radical (unpaired) electrons. The van der Waals surface area contributed by atoms with Crippen molar-refractivity contribution >= 4 is 11.0 Å². The number of nitrogens with zero attached hydrogens (tertiary/aromatic N) is 2. The standard InChI is InChI=1S/C10H14N4/c11-5-2-1-3-10-13-8-4-6-12-7-9(8)14-10/h4,6-7H,1-3,5,11H2,(H,13,14). The van der Waals surface area contributed by atoms with E-state index in [-0.39, 0.29) is 0 Å². The molecule has 0 aromatic carbocycles. The van der Waals surface area contributed by atoms with Crippen molar-refractivity contribution in [1.29, 1.82) is 0 Å². The monoisotopic (exact) mass is 190 g/mol. The van der Waals surface area contributed by atoms with Crippen molar-refractivity contribution in [2.24, 2.45) is 5.73 Å². The van der Waals surface area contributed by atoms with Crippen molar-refractivity contribution in [3.63, 3.8) is 0 Å². The predicted octanol–water partition coefficient (Wildman–Crippen LogP) is 1.24. The van der Waals surface area contributed by atoms with Gasteiger partial charge in [0.05, 0.1) is 17.2 Å². The van der Waals surface area contributed by atoms with Crippen LogP contribution in [0.4, 0.5) is 0 Å². The zero-order valence-corrected chi connectivity index (χ0v) is 8.03. The highest BCUT2D eigenvalue weighted by atomic mass is 14.9. The number of aromatic nitrogens is 3. The number of aryl methyl sites for hydroxylation is 1. The average molecular weight is 190 g/mol. The summed E-state index contributed by atoms with van der Waals surface area (Å²) < 4.78 is 0. The Bertz CT molecular complexity index is 374. The van der Waals surface area contributed by atoms with E-state index in [0.717, 1.165) is 42.7 Å². The van der Waals surface area contributed by atoms with E-state index in [0.29, 0.717) is 0 Å². The van der Waals surface area contributed by atoms with E-state index in [1.807, 2.05) is 6.07 Å². The van der Waals surface area contributed by atoms with Crippen LogP contribution in [0.15, 0.2) is 18.5 Å². The fourth-order valence-corrected chi connectivity index (χ4v) is 1.46. The number of pyridine rings is 1. The molecule has 0 atom stereocenters. The first-order chi connectivity index (χ1) is 6.90. The molecule has 0 aliphatic rings. The topological polar surface area (TPSA) is 67.6 Å². The van der Waals surface area contributed by atoms with Gasteiger partial charge in [-0.2, -0.15) is 0 Å². The largest absolute Gasteiger partial charge is 0.341 e. The Hall–Kier alpha value is -1.42. The lowest BCUT2D eigenvalue weighted by Gasteiger charge is -1.93. The van der Waals surface area contributed by atoms with E-state index < -0.39 is 0 Å². The summed E-state index contributed by atoms with van der Waals surface area (Å²) in [5, 5.41) is 0. The summed E-state index contributed by atoms with van der Waals surface area (Å²) in [5.41, 5.74) is 7.43. The molecule has 4 nitrogen and oxygen atoms in total. The van der Waals surface area contributed by atoms with Crippen molar-refractivity contribution in [1.82, 2.24) is 15.0 Å². The Kier molecular flexibility index (Phi) is 2.74. The lowest BCUT2D eigenvalue weighted by molar-refractivity contribution is 0.724. The van der Waals surface area contributed by atoms with Gasteiger partial charge in [-0.1, -0.05) is 0 Å². The number of hydrogen-bond donors (Lipinski definition) is 2. The molecule has 0 aliphatic carbocycles. The number of nitrogens with two attached hydrogens (primary N) is 1. The maximum atomic E-state index is 5.43. The van der Waals surface area contributed by atoms with Crippen LogP contribution in [0.1, 0.15) is 18.7 Å². The van der Waals surface area contributed by atoms with Crippen LogP contribution in [0, 0.1) is 0 Å². The van der Waals surface area contributed by atoms with Crippen LogP contribution in [-0.4, -0.2) is 21.5 Å². The molecule has 2 heterocycles. The zero-order chi connectivity index (χ0) is 9.80. The molecular weight excluding hydrogens is 176 g/mol. The van der Waals surface area contributed by atoms with Crippen LogP contribution in [0.3, 0.4) is 0 Å². The van der Waals surface area contributed by atoms with E-state index in [4.69, 9.17) is 5.73 Å². The summed E-state index contributed by atoms with van der Waals surface area (Å²) in [7, 11) is 0. The number of fused-ring (bicyclic) bond motifs is 1. The van der Waals surface area contributed by atoms with E-state index in [9.17, 15) is 0 Å². The highest BCUT2D eigenvalue weighted by molar-refractivity contribution is 5.73. The van der Waals surface area contributed by atoms with Gasteiger partial charge in [-0.05, 0) is 25.5 Å². The lowest BCUT2D eigenvalue weighted by Crippen LogP contribution is -1.99. The average Bonchev–Trinajstić information content (AvgIpc) is 2.60. The molecule has 0 bridgehead atoms. The van der Waals surface area contributed by atoms with Crippen molar-refractivity contribution < 1.29 is 0 Å². The van der Waals surface area contributed by atoms with E-state index >= 15 is 0 Å². The maximum absolute atomic E-state index is 5.43. The molecule has 74 valence electrons. The number of unbranched alkanes of at least 4 members (excludes halogenated alkanes) is 1. The number of hydrogen-bond acceptors (Lipinski definition) is 3. The zero-order valence-electron chi connectivity index (χ0n) is 8.03. The fourth-order valence-electron chi connectivity index (χ4n) is 1.46. The Balaban J connectivity index is 2.11. The van der Waals surface area contributed by atoms with Crippen molar-refractivity contribution in [3.8, 4) is 0 Å². The predicted molar refractivity (Wildman–Crippen MR) is 55.9 cm³/mol. The summed E-state index contributed by atoms with van der Waals surface area (Å²) in [4.78, 5) is 11.7. The van der Waals surface area contributed by atoms with E-state index in [1.54, 1.807) is 12.4 Å². The molecule has 4 heteroatoms. The van der Waals surface area contributed by atoms with Gasteiger partial charge in [-0.3, -0.25) is 4.98 Å². The van der Waals surface area contributed by atoms with Gasteiger partial charge < -0.3 is 10.7 Å². The van der Waals surface area contributed by atoms with Gasteiger partial charge in [0.25, 0.3) is 0 Å². The summed E-state index contributed by atoms with van der Waals surface area (Å²) in [6.45, 7) is 0.752. The molecule has 14 heavy (non-hydrogen) atoms. The smallest absolute Gasteiger partial charge is 0.107 e. The Labute approximate surface area is 82.6 Å². The second-order valence-electron chi connectivity index (χ2n) is 3.32.